The molecule has 3 aliphatic heterocycles. The topological polar surface area (TPSA) is 60.9 Å². The number of fused-ring (bicyclic) bond motifs is 1. The Morgan fingerprint density at radius 3 is 2.57 bits per heavy atom. The van der Waals surface area contributed by atoms with Gasteiger partial charge in [-0.3, -0.25) is 9.59 Å². The quantitative estimate of drug-likeness (QED) is 0.776. The summed E-state index contributed by atoms with van der Waals surface area (Å²) in [6.07, 6.45) is 2.01. The first kappa shape index (κ1) is 14.5. The molecule has 1 aromatic carbocycles. The van der Waals surface area contributed by atoms with Crippen molar-refractivity contribution in [3.05, 3.63) is 29.3 Å². The molecule has 0 N–H and O–H groups in total. The highest BCUT2D eigenvalue weighted by atomic mass is 35.5. The summed E-state index contributed by atoms with van der Waals surface area (Å²) >= 11 is 5.98. The molecule has 3 heterocycles. The van der Waals surface area contributed by atoms with Crippen molar-refractivity contribution in [2.45, 2.75) is 31.3 Å². The van der Waals surface area contributed by atoms with Crippen LogP contribution in [-0.2, 0) is 9.59 Å². The predicted octanol–water partition coefficient (Wildman–Crippen LogP) is 1.87. The molecule has 0 saturated carbocycles. The number of anilines is 1. The van der Waals surface area contributed by atoms with Crippen LogP contribution in [0.1, 0.15) is 19.3 Å². The smallest absolute Gasteiger partial charge is 0.312 e. The van der Waals surface area contributed by atoms with Gasteiger partial charge in [0.1, 0.15) is 12.1 Å². The molecule has 2 atom stereocenters. The normalized spacial score (nSPS) is 27.3. The third kappa shape index (κ3) is 2.12. The van der Waals surface area contributed by atoms with Gasteiger partial charge in [0, 0.05) is 23.8 Å². The molecule has 4 amide bonds. The Hall–Kier alpha value is -2.08. The van der Waals surface area contributed by atoms with Crippen molar-refractivity contribution in [1.82, 2.24) is 9.80 Å². The first-order valence-corrected chi connectivity index (χ1v) is 8.16. The maximum atomic E-state index is 12.7. The maximum absolute atomic E-state index is 12.7. The van der Waals surface area contributed by atoms with E-state index >= 15 is 0 Å². The average molecular weight is 334 g/mol. The number of amides is 4. The fourth-order valence-corrected chi connectivity index (χ4v) is 3.92. The Balaban J connectivity index is 1.59. The predicted molar refractivity (Wildman–Crippen MR) is 84.2 cm³/mol. The van der Waals surface area contributed by atoms with Crippen molar-refractivity contribution in [3.8, 4) is 0 Å². The lowest BCUT2D eigenvalue weighted by molar-refractivity contribution is -0.133. The molecule has 0 spiro atoms. The molecule has 3 aliphatic rings. The number of rotatable bonds is 2. The Kier molecular flexibility index (Phi) is 3.30. The second-order valence-electron chi connectivity index (χ2n) is 6.12. The molecule has 1 aromatic rings. The van der Waals surface area contributed by atoms with Gasteiger partial charge in [0.15, 0.2) is 0 Å². The third-order valence-corrected chi connectivity index (χ3v) is 5.07. The van der Waals surface area contributed by atoms with Crippen molar-refractivity contribution in [3.63, 3.8) is 0 Å². The molecule has 0 aromatic heterocycles. The highest BCUT2D eigenvalue weighted by molar-refractivity contribution is 6.31. The highest BCUT2D eigenvalue weighted by Gasteiger charge is 2.53. The fourth-order valence-electron chi connectivity index (χ4n) is 3.74. The van der Waals surface area contributed by atoms with Crippen molar-refractivity contribution in [2.24, 2.45) is 0 Å². The molecular formula is C16H16ClN3O3. The molecule has 3 saturated heterocycles. The first-order valence-electron chi connectivity index (χ1n) is 7.78. The van der Waals surface area contributed by atoms with Gasteiger partial charge in [-0.1, -0.05) is 17.7 Å². The number of carbonyl (C=O) groups excluding carboxylic acids is 3. The van der Waals surface area contributed by atoms with Crippen molar-refractivity contribution in [1.29, 1.82) is 0 Å². The van der Waals surface area contributed by atoms with E-state index in [4.69, 9.17) is 11.6 Å². The van der Waals surface area contributed by atoms with Crippen molar-refractivity contribution < 1.29 is 14.4 Å². The van der Waals surface area contributed by atoms with Crippen molar-refractivity contribution in [2.75, 3.05) is 18.0 Å². The largest absolute Gasteiger partial charge is 0.328 e. The number of hydrogen-bond acceptors (Lipinski definition) is 3. The minimum absolute atomic E-state index is 0.213. The zero-order valence-electron chi connectivity index (χ0n) is 12.4. The number of nitrogens with zero attached hydrogens (tertiary/aromatic N) is 3. The van der Waals surface area contributed by atoms with Gasteiger partial charge in [-0.05, 0) is 37.5 Å². The lowest BCUT2D eigenvalue weighted by Gasteiger charge is -2.22. The van der Waals surface area contributed by atoms with Crippen LogP contribution in [0.5, 0.6) is 0 Å². The molecule has 7 heteroatoms. The van der Waals surface area contributed by atoms with E-state index in [2.05, 4.69) is 0 Å². The minimum atomic E-state index is -0.695. The van der Waals surface area contributed by atoms with E-state index in [9.17, 15) is 14.4 Å². The molecule has 23 heavy (non-hydrogen) atoms. The Morgan fingerprint density at radius 2 is 1.83 bits per heavy atom. The van der Waals surface area contributed by atoms with Crippen LogP contribution >= 0.6 is 11.6 Å². The molecule has 4 rings (SSSR count). The van der Waals surface area contributed by atoms with Crippen LogP contribution in [0.4, 0.5) is 10.5 Å². The molecule has 3 fully saturated rings. The Morgan fingerprint density at radius 1 is 1.00 bits per heavy atom. The van der Waals surface area contributed by atoms with Crippen LogP contribution in [0.15, 0.2) is 24.3 Å². The molecule has 0 bridgehead atoms. The number of imide groups is 1. The van der Waals surface area contributed by atoms with E-state index in [0.29, 0.717) is 36.6 Å². The Bertz CT molecular complexity index is 686. The standard InChI is InChI=1S/C16H16ClN3O3/c17-10-3-1-4-11(9-10)18-8-6-13(14(18)21)20-15(22)12-5-2-7-19(12)16(20)23/h1,3-4,9,12-13H,2,5-8H2/t12-,13?/m1/s1. The van der Waals surface area contributed by atoms with E-state index in [1.807, 2.05) is 0 Å². The summed E-state index contributed by atoms with van der Waals surface area (Å²) in [5.74, 6) is -0.436. The number of urea groups is 1. The van der Waals surface area contributed by atoms with Crippen LogP contribution < -0.4 is 4.90 Å². The van der Waals surface area contributed by atoms with Crippen molar-refractivity contribution >= 4 is 35.1 Å². The van der Waals surface area contributed by atoms with Gasteiger partial charge < -0.3 is 9.80 Å². The molecule has 0 aliphatic carbocycles. The zero-order chi connectivity index (χ0) is 16.1. The summed E-state index contributed by atoms with van der Waals surface area (Å²) in [6.45, 7) is 1.08. The Labute approximate surface area is 138 Å². The summed E-state index contributed by atoms with van der Waals surface area (Å²) in [5.41, 5.74) is 0.699. The monoisotopic (exact) mass is 333 g/mol. The van der Waals surface area contributed by atoms with E-state index in [1.165, 1.54) is 4.90 Å². The highest BCUT2D eigenvalue weighted by Crippen LogP contribution is 2.33. The van der Waals surface area contributed by atoms with E-state index in [0.717, 1.165) is 6.42 Å². The van der Waals surface area contributed by atoms with Crippen LogP contribution in [-0.4, -0.2) is 52.8 Å². The summed E-state index contributed by atoms with van der Waals surface area (Å²) < 4.78 is 0. The number of benzene rings is 1. The number of hydrogen-bond donors (Lipinski definition) is 0. The lowest BCUT2D eigenvalue weighted by Crippen LogP contribution is -2.46. The van der Waals surface area contributed by atoms with E-state index in [1.54, 1.807) is 34.1 Å². The molecule has 0 radical (unpaired) electrons. The van der Waals surface area contributed by atoms with Gasteiger partial charge in [0.05, 0.1) is 0 Å². The SMILES string of the molecule is O=C1C(N2C(=O)[C@H]3CCCN3C2=O)CCN1c1cccc(Cl)c1. The van der Waals surface area contributed by atoms with E-state index < -0.39 is 6.04 Å². The average Bonchev–Trinajstić information content (AvgIpc) is 3.19. The molecule has 6 nitrogen and oxygen atoms in total. The molecular weight excluding hydrogens is 318 g/mol. The van der Waals surface area contributed by atoms with Gasteiger partial charge in [0.25, 0.3) is 5.91 Å². The number of halogens is 1. The summed E-state index contributed by atoms with van der Waals surface area (Å²) in [6, 6.07) is 5.66. The number of carbonyl (C=O) groups is 3. The third-order valence-electron chi connectivity index (χ3n) is 4.84. The molecule has 120 valence electrons. The van der Waals surface area contributed by atoms with Gasteiger partial charge in [-0.15, -0.1) is 0 Å². The van der Waals surface area contributed by atoms with Gasteiger partial charge >= 0.3 is 6.03 Å². The van der Waals surface area contributed by atoms with Gasteiger partial charge in [0.2, 0.25) is 5.91 Å². The summed E-state index contributed by atoms with van der Waals surface area (Å²) in [7, 11) is 0. The molecule has 1 unspecified atom stereocenters. The van der Waals surface area contributed by atoms with E-state index in [-0.39, 0.29) is 23.9 Å². The maximum Gasteiger partial charge on any atom is 0.328 e. The second-order valence-corrected chi connectivity index (χ2v) is 6.55. The summed E-state index contributed by atoms with van der Waals surface area (Å²) in [4.78, 5) is 42.1. The first-order chi connectivity index (χ1) is 11.1. The van der Waals surface area contributed by atoms with Gasteiger partial charge in [-0.25, -0.2) is 9.69 Å². The van der Waals surface area contributed by atoms with Crippen LogP contribution in [0, 0.1) is 0 Å². The fraction of sp³-hybridized carbons (Fsp3) is 0.438. The lowest BCUT2D eigenvalue weighted by atomic mass is 10.1. The summed E-state index contributed by atoms with van der Waals surface area (Å²) in [5, 5.41) is 0.549. The minimum Gasteiger partial charge on any atom is -0.312 e. The van der Waals surface area contributed by atoms with Gasteiger partial charge in [-0.2, -0.15) is 0 Å². The van der Waals surface area contributed by atoms with Crippen LogP contribution in [0.25, 0.3) is 0 Å². The van der Waals surface area contributed by atoms with Crippen LogP contribution in [0.2, 0.25) is 5.02 Å². The second kappa shape index (κ2) is 5.23. The zero-order valence-corrected chi connectivity index (χ0v) is 13.2. The van der Waals surface area contributed by atoms with Crippen LogP contribution in [0.3, 0.4) is 0 Å².